The number of carbonyl (C=O) groups excluding carboxylic acids is 1. The van der Waals surface area contributed by atoms with Crippen LogP contribution in [0, 0.1) is 5.41 Å². The molecule has 0 bridgehead atoms. The van der Waals surface area contributed by atoms with Crippen molar-refractivity contribution in [3.8, 4) is 0 Å². The predicted octanol–water partition coefficient (Wildman–Crippen LogP) is -0.294. The molecule has 78 valence electrons. The fourth-order valence-electron chi connectivity index (χ4n) is 1.67. The van der Waals surface area contributed by atoms with Gasteiger partial charge in [-0.3, -0.25) is 4.79 Å². The van der Waals surface area contributed by atoms with E-state index >= 15 is 0 Å². The first-order chi connectivity index (χ1) is 5.70. The molecule has 4 nitrogen and oxygen atoms in total. The van der Waals surface area contributed by atoms with E-state index in [2.05, 4.69) is 0 Å². The minimum atomic E-state index is -1.49. The van der Waals surface area contributed by atoms with Crippen LogP contribution in [-0.2, 0) is 4.79 Å². The number of ketones is 1. The lowest BCUT2D eigenvalue weighted by atomic mass is 9.68. The van der Waals surface area contributed by atoms with Crippen LogP contribution in [-0.4, -0.2) is 39.4 Å². The summed E-state index contributed by atoms with van der Waals surface area (Å²) in [4.78, 5) is 11.3. The summed E-state index contributed by atoms with van der Waals surface area (Å²) in [6.45, 7) is 4.87. The summed E-state index contributed by atoms with van der Waals surface area (Å²) in [6, 6.07) is 0. The summed E-state index contributed by atoms with van der Waals surface area (Å²) in [7, 11) is 0. The first kappa shape index (κ1) is 12.6. The minimum absolute atomic E-state index is 0.419. The van der Waals surface area contributed by atoms with Gasteiger partial charge in [-0.15, -0.1) is 0 Å². The number of hydrogen-bond acceptors (Lipinski definition) is 4. The lowest BCUT2D eigenvalue weighted by molar-refractivity contribution is -0.167. The van der Waals surface area contributed by atoms with Gasteiger partial charge >= 0.3 is 0 Å². The molecule has 0 aliphatic heterocycles. The van der Waals surface area contributed by atoms with Gasteiger partial charge in [-0.1, -0.05) is 0 Å². The zero-order valence-corrected chi connectivity index (χ0v) is 8.53. The summed E-state index contributed by atoms with van der Waals surface area (Å²) < 4.78 is 0. The van der Waals surface area contributed by atoms with Gasteiger partial charge in [0, 0.05) is 0 Å². The van der Waals surface area contributed by atoms with Gasteiger partial charge in [-0.05, 0) is 27.7 Å². The maximum absolute atomic E-state index is 11.3. The van der Waals surface area contributed by atoms with Crippen LogP contribution in [0.1, 0.15) is 27.7 Å². The normalized spacial score (nSPS) is 19.3. The van der Waals surface area contributed by atoms with Crippen molar-refractivity contribution >= 4 is 5.78 Å². The zero-order valence-electron chi connectivity index (χ0n) is 8.53. The maximum atomic E-state index is 11.3. The van der Waals surface area contributed by atoms with E-state index in [0.29, 0.717) is 0 Å². The lowest BCUT2D eigenvalue weighted by Gasteiger charge is -2.42. The maximum Gasteiger partial charge on any atom is 0.143 e. The van der Waals surface area contributed by atoms with Gasteiger partial charge in [-0.25, -0.2) is 0 Å². The molecule has 0 saturated heterocycles. The predicted molar refractivity (Wildman–Crippen MR) is 48.2 cm³/mol. The molecule has 0 aromatic heterocycles. The highest BCUT2D eigenvalue weighted by Crippen LogP contribution is 2.35. The molecule has 0 aromatic rings. The molecule has 0 heterocycles. The quantitative estimate of drug-likeness (QED) is 0.569. The molecule has 0 spiro atoms. The Kier molecular flexibility index (Phi) is 3.61. The first-order valence-corrected chi connectivity index (χ1v) is 4.22. The van der Waals surface area contributed by atoms with Gasteiger partial charge in [0.25, 0.3) is 0 Å². The summed E-state index contributed by atoms with van der Waals surface area (Å²) in [5.74, 6) is -0.419. The van der Waals surface area contributed by atoms with E-state index in [0.717, 1.165) is 0 Å². The summed E-state index contributed by atoms with van der Waals surface area (Å²) in [5, 5.41) is 28.3. The van der Waals surface area contributed by atoms with E-state index in [-0.39, 0.29) is 0 Å². The molecule has 0 amide bonds. The van der Waals surface area contributed by atoms with Crippen LogP contribution in [0.3, 0.4) is 0 Å². The molecule has 0 fully saturated rings. The van der Waals surface area contributed by atoms with Crippen molar-refractivity contribution in [2.75, 3.05) is 6.61 Å². The molecule has 0 rings (SSSR count). The molecule has 0 aliphatic rings. The monoisotopic (exact) mass is 190 g/mol. The smallest absolute Gasteiger partial charge is 0.143 e. The Morgan fingerprint density at radius 2 is 1.85 bits per heavy atom. The number of carbonyl (C=O) groups is 1. The molecule has 2 atom stereocenters. The van der Waals surface area contributed by atoms with Crippen molar-refractivity contribution in [2.45, 2.75) is 39.4 Å². The first-order valence-electron chi connectivity index (χ1n) is 4.22. The van der Waals surface area contributed by atoms with Crippen molar-refractivity contribution in [1.29, 1.82) is 0 Å². The SMILES string of the molecule is CC(=O)C(CO)(C(C)O)C(C)(C)O. The number of Topliss-reactive ketones (excluding diaryl/α,β-unsaturated/α-hetero) is 1. The molecular weight excluding hydrogens is 172 g/mol. The Labute approximate surface area is 78.2 Å². The molecule has 2 unspecified atom stereocenters. The second-order valence-electron chi connectivity index (χ2n) is 3.92. The van der Waals surface area contributed by atoms with Crippen molar-refractivity contribution in [1.82, 2.24) is 0 Å². The lowest BCUT2D eigenvalue weighted by Crippen LogP contribution is -2.57. The molecule has 0 saturated carbocycles. The van der Waals surface area contributed by atoms with Gasteiger partial charge in [0.1, 0.15) is 11.2 Å². The topological polar surface area (TPSA) is 77.8 Å². The standard InChI is InChI=1S/C9H18O4/c1-6(11)9(5-10,7(2)12)8(3,4)13/h6,10-11,13H,5H2,1-4H3. The van der Waals surface area contributed by atoms with Gasteiger partial charge in [0.05, 0.1) is 18.3 Å². The van der Waals surface area contributed by atoms with E-state index < -0.39 is 29.5 Å². The highest BCUT2D eigenvalue weighted by Gasteiger charge is 2.51. The van der Waals surface area contributed by atoms with Crippen molar-refractivity contribution in [2.24, 2.45) is 5.41 Å². The third-order valence-corrected chi connectivity index (χ3v) is 2.68. The number of rotatable bonds is 4. The van der Waals surface area contributed by atoms with E-state index in [4.69, 9.17) is 5.11 Å². The largest absolute Gasteiger partial charge is 0.395 e. The van der Waals surface area contributed by atoms with Crippen molar-refractivity contribution in [3.05, 3.63) is 0 Å². The second kappa shape index (κ2) is 3.74. The van der Waals surface area contributed by atoms with Crippen LogP contribution in [0.4, 0.5) is 0 Å². The highest BCUT2D eigenvalue weighted by molar-refractivity contribution is 5.84. The molecule has 0 radical (unpaired) electrons. The highest BCUT2D eigenvalue weighted by atomic mass is 16.3. The van der Waals surface area contributed by atoms with Crippen LogP contribution in [0.25, 0.3) is 0 Å². The Hall–Kier alpha value is -0.450. The summed E-state index contributed by atoms with van der Waals surface area (Å²) in [6.07, 6.45) is -1.09. The van der Waals surface area contributed by atoms with E-state index in [1.54, 1.807) is 0 Å². The van der Waals surface area contributed by atoms with Gasteiger partial charge in [-0.2, -0.15) is 0 Å². The van der Waals surface area contributed by atoms with Crippen molar-refractivity contribution in [3.63, 3.8) is 0 Å². The van der Waals surface area contributed by atoms with Gasteiger partial charge < -0.3 is 15.3 Å². The second-order valence-corrected chi connectivity index (χ2v) is 3.92. The Bertz CT molecular complexity index is 192. The van der Waals surface area contributed by atoms with Crippen LogP contribution in [0.2, 0.25) is 0 Å². The Balaban J connectivity index is 5.25. The van der Waals surface area contributed by atoms with E-state index in [9.17, 15) is 15.0 Å². The van der Waals surface area contributed by atoms with Crippen LogP contribution in [0.5, 0.6) is 0 Å². The van der Waals surface area contributed by atoms with Gasteiger partial charge in [0.15, 0.2) is 0 Å². The van der Waals surface area contributed by atoms with Crippen LogP contribution in [0.15, 0.2) is 0 Å². The Morgan fingerprint density at radius 1 is 1.46 bits per heavy atom. The molecule has 13 heavy (non-hydrogen) atoms. The Morgan fingerprint density at radius 3 is 1.85 bits per heavy atom. The minimum Gasteiger partial charge on any atom is -0.395 e. The number of aliphatic hydroxyl groups is 3. The summed E-state index contributed by atoms with van der Waals surface area (Å²) in [5.41, 5.74) is -2.94. The molecule has 3 N–H and O–H groups in total. The molecule has 4 heteroatoms. The zero-order chi connectivity index (χ0) is 10.9. The number of hydrogen-bond donors (Lipinski definition) is 3. The fraction of sp³-hybridized carbons (Fsp3) is 0.889. The van der Waals surface area contributed by atoms with Crippen LogP contribution >= 0.6 is 0 Å². The van der Waals surface area contributed by atoms with Crippen LogP contribution < -0.4 is 0 Å². The summed E-state index contributed by atoms with van der Waals surface area (Å²) >= 11 is 0. The van der Waals surface area contributed by atoms with E-state index in [1.807, 2.05) is 0 Å². The fourth-order valence-corrected chi connectivity index (χ4v) is 1.67. The van der Waals surface area contributed by atoms with Crippen molar-refractivity contribution < 1.29 is 20.1 Å². The third-order valence-electron chi connectivity index (χ3n) is 2.68. The molecule has 0 aliphatic carbocycles. The average molecular weight is 190 g/mol. The van der Waals surface area contributed by atoms with E-state index in [1.165, 1.54) is 27.7 Å². The average Bonchev–Trinajstić information content (AvgIpc) is 1.83. The molecule has 0 aromatic carbocycles. The third kappa shape index (κ3) is 1.90. The number of aliphatic hydroxyl groups excluding tert-OH is 2. The van der Waals surface area contributed by atoms with Gasteiger partial charge in [0.2, 0.25) is 0 Å². The molecular formula is C9H18O4.